The summed E-state index contributed by atoms with van der Waals surface area (Å²) in [6, 6.07) is 0.279. The van der Waals surface area contributed by atoms with E-state index in [4.69, 9.17) is 5.73 Å². The van der Waals surface area contributed by atoms with Crippen molar-refractivity contribution in [3.8, 4) is 0 Å². The van der Waals surface area contributed by atoms with Crippen molar-refractivity contribution in [1.82, 2.24) is 20.2 Å². The topological polar surface area (TPSA) is 104 Å². The van der Waals surface area contributed by atoms with Gasteiger partial charge in [0.1, 0.15) is 5.82 Å². The number of anilines is 2. The molecule has 3 aliphatic heterocycles. The van der Waals surface area contributed by atoms with Crippen LogP contribution in [0.2, 0.25) is 0 Å². The van der Waals surface area contributed by atoms with Crippen LogP contribution in [0.3, 0.4) is 0 Å². The summed E-state index contributed by atoms with van der Waals surface area (Å²) in [6.45, 7) is 6.07. The number of hydrogen-bond donors (Lipinski definition) is 2. The number of carbonyl (C=O) groups excluding carboxylic acids is 2. The molecule has 1 aromatic heterocycles. The number of aryl methyl sites for hydroxylation is 1. The van der Waals surface area contributed by atoms with E-state index in [1.807, 2.05) is 13.8 Å². The van der Waals surface area contributed by atoms with E-state index >= 15 is 0 Å². The van der Waals surface area contributed by atoms with Crippen LogP contribution in [0, 0.1) is 18.8 Å². The summed E-state index contributed by atoms with van der Waals surface area (Å²) in [6.07, 6.45) is 6.82. The SMILES string of the molecule is CCCC(=O)NC[C@H]1[C@H]2C[C@H](CN(c3ncc(C)c(N)n3)C2)[C@@H]2CCCC(=O)N21. The van der Waals surface area contributed by atoms with Crippen molar-refractivity contribution in [2.24, 2.45) is 11.8 Å². The second kappa shape index (κ2) is 8.16. The average molecular weight is 401 g/mol. The standard InChI is InChI=1S/C21H32N6O2/c1-3-5-18(28)23-10-17-15-8-14(16-6-4-7-19(29)27(16)17)11-26(12-15)21-24-9-13(2)20(22)25-21/h9,14-17H,3-8,10-12H2,1-2H3,(H,23,28)(H2,22,24,25)/t14-,15+,16+,17+/m1/s1. The molecular weight excluding hydrogens is 368 g/mol. The van der Waals surface area contributed by atoms with E-state index in [9.17, 15) is 9.59 Å². The molecule has 0 spiro atoms. The summed E-state index contributed by atoms with van der Waals surface area (Å²) in [5.41, 5.74) is 6.91. The summed E-state index contributed by atoms with van der Waals surface area (Å²) < 4.78 is 0. The van der Waals surface area contributed by atoms with Crippen molar-refractivity contribution in [2.45, 2.75) is 64.5 Å². The Morgan fingerprint density at radius 2 is 2.14 bits per heavy atom. The molecule has 0 aromatic carbocycles. The molecule has 4 atom stereocenters. The Kier molecular flexibility index (Phi) is 5.61. The second-order valence-electron chi connectivity index (χ2n) is 8.78. The highest BCUT2D eigenvalue weighted by molar-refractivity contribution is 5.79. The number of fused-ring (bicyclic) bond motifs is 4. The largest absolute Gasteiger partial charge is 0.383 e. The number of nitrogens with zero attached hydrogens (tertiary/aromatic N) is 4. The van der Waals surface area contributed by atoms with E-state index in [-0.39, 0.29) is 23.9 Å². The fourth-order valence-corrected chi connectivity index (χ4v) is 5.33. The van der Waals surface area contributed by atoms with Crippen LogP contribution in [-0.2, 0) is 9.59 Å². The number of carbonyl (C=O) groups is 2. The highest BCUT2D eigenvalue weighted by Gasteiger charge is 2.49. The molecule has 3 fully saturated rings. The normalized spacial score (nSPS) is 28.8. The fraction of sp³-hybridized carbons (Fsp3) is 0.714. The van der Waals surface area contributed by atoms with Crippen LogP contribution in [-0.4, -0.2) is 58.4 Å². The molecule has 2 amide bonds. The minimum absolute atomic E-state index is 0.0375. The molecule has 0 radical (unpaired) electrons. The molecule has 0 unspecified atom stereocenters. The summed E-state index contributed by atoms with van der Waals surface area (Å²) in [5, 5.41) is 3.08. The number of amides is 2. The minimum atomic E-state index is 0.0375. The predicted molar refractivity (Wildman–Crippen MR) is 111 cm³/mol. The number of piperidine rings is 3. The van der Waals surface area contributed by atoms with Gasteiger partial charge in [-0.1, -0.05) is 6.92 Å². The van der Waals surface area contributed by atoms with Crippen molar-refractivity contribution >= 4 is 23.6 Å². The third-order valence-corrected chi connectivity index (χ3v) is 6.76. The van der Waals surface area contributed by atoms with Crippen LogP contribution in [0.5, 0.6) is 0 Å². The van der Waals surface area contributed by atoms with Gasteiger partial charge in [-0.25, -0.2) is 4.98 Å². The Morgan fingerprint density at radius 1 is 1.34 bits per heavy atom. The van der Waals surface area contributed by atoms with E-state index in [2.05, 4.69) is 25.1 Å². The van der Waals surface area contributed by atoms with Gasteiger partial charge >= 0.3 is 0 Å². The molecule has 1 aromatic rings. The first kappa shape index (κ1) is 19.9. The van der Waals surface area contributed by atoms with Gasteiger partial charge in [0.05, 0.1) is 6.04 Å². The Labute approximate surface area is 172 Å². The summed E-state index contributed by atoms with van der Waals surface area (Å²) in [4.78, 5) is 38.3. The lowest BCUT2D eigenvalue weighted by atomic mass is 9.72. The zero-order valence-electron chi connectivity index (χ0n) is 17.4. The van der Waals surface area contributed by atoms with Gasteiger partial charge in [0.25, 0.3) is 0 Å². The van der Waals surface area contributed by atoms with E-state index in [0.717, 1.165) is 44.3 Å². The third-order valence-electron chi connectivity index (χ3n) is 6.76. The van der Waals surface area contributed by atoms with Gasteiger partial charge in [-0.2, -0.15) is 4.98 Å². The molecule has 0 aliphatic carbocycles. The quantitative estimate of drug-likeness (QED) is 0.776. The fourth-order valence-electron chi connectivity index (χ4n) is 5.33. The van der Waals surface area contributed by atoms with Crippen molar-refractivity contribution < 1.29 is 9.59 Å². The number of nitrogen functional groups attached to an aromatic ring is 1. The third kappa shape index (κ3) is 3.89. The molecule has 3 aliphatic rings. The molecule has 3 N–H and O–H groups in total. The first-order valence-electron chi connectivity index (χ1n) is 10.9. The smallest absolute Gasteiger partial charge is 0.227 e. The summed E-state index contributed by atoms with van der Waals surface area (Å²) in [5.74, 6) is 2.20. The second-order valence-corrected chi connectivity index (χ2v) is 8.78. The average Bonchev–Trinajstić information content (AvgIpc) is 2.70. The zero-order chi connectivity index (χ0) is 20.5. The minimum Gasteiger partial charge on any atom is -0.383 e. The Balaban J connectivity index is 1.57. The van der Waals surface area contributed by atoms with Gasteiger partial charge in [0, 0.05) is 50.3 Å². The van der Waals surface area contributed by atoms with E-state index in [1.165, 1.54) is 0 Å². The molecule has 4 rings (SSSR count). The molecular formula is C21H32N6O2. The van der Waals surface area contributed by atoms with Gasteiger partial charge < -0.3 is 20.9 Å². The lowest BCUT2D eigenvalue weighted by Crippen LogP contribution is -2.67. The van der Waals surface area contributed by atoms with Gasteiger partial charge in [-0.3, -0.25) is 9.59 Å². The first-order chi connectivity index (χ1) is 14.0. The Bertz CT molecular complexity index is 784. The molecule has 8 heteroatoms. The van der Waals surface area contributed by atoms with Crippen LogP contribution in [0.25, 0.3) is 0 Å². The van der Waals surface area contributed by atoms with E-state index in [1.54, 1.807) is 6.20 Å². The lowest BCUT2D eigenvalue weighted by molar-refractivity contribution is -0.149. The monoisotopic (exact) mass is 400 g/mol. The molecule has 0 saturated carbocycles. The molecule has 29 heavy (non-hydrogen) atoms. The molecule has 158 valence electrons. The number of nitrogens with two attached hydrogens (primary N) is 1. The Morgan fingerprint density at radius 3 is 2.90 bits per heavy atom. The molecule has 8 nitrogen and oxygen atoms in total. The summed E-state index contributed by atoms with van der Waals surface area (Å²) in [7, 11) is 0. The molecule has 2 bridgehead atoms. The van der Waals surface area contributed by atoms with E-state index in [0.29, 0.717) is 43.0 Å². The van der Waals surface area contributed by atoms with Gasteiger partial charge in [-0.15, -0.1) is 0 Å². The highest BCUT2D eigenvalue weighted by atomic mass is 16.2. The van der Waals surface area contributed by atoms with Crippen LogP contribution in [0.4, 0.5) is 11.8 Å². The first-order valence-corrected chi connectivity index (χ1v) is 10.9. The number of rotatable bonds is 5. The Hall–Kier alpha value is -2.38. The number of nitrogens with one attached hydrogen (secondary N) is 1. The van der Waals surface area contributed by atoms with Gasteiger partial charge in [0.2, 0.25) is 17.8 Å². The number of aromatic nitrogens is 2. The number of hydrogen-bond acceptors (Lipinski definition) is 6. The van der Waals surface area contributed by atoms with Gasteiger partial charge in [0.15, 0.2) is 0 Å². The lowest BCUT2D eigenvalue weighted by Gasteiger charge is -2.56. The predicted octanol–water partition coefficient (Wildman–Crippen LogP) is 1.49. The maximum Gasteiger partial charge on any atom is 0.227 e. The zero-order valence-corrected chi connectivity index (χ0v) is 17.4. The van der Waals surface area contributed by atoms with Crippen molar-refractivity contribution in [2.75, 3.05) is 30.3 Å². The molecule has 4 heterocycles. The van der Waals surface area contributed by atoms with Gasteiger partial charge in [-0.05, 0) is 44.4 Å². The van der Waals surface area contributed by atoms with Crippen LogP contribution in [0.15, 0.2) is 6.20 Å². The van der Waals surface area contributed by atoms with Crippen molar-refractivity contribution in [3.63, 3.8) is 0 Å². The summed E-state index contributed by atoms with van der Waals surface area (Å²) >= 11 is 0. The highest BCUT2D eigenvalue weighted by Crippen LogP contribution is 2.42. The van der Waals surface area contributed by atoms with Crippen LogP contribution < -0.4 is 16.0 Å². The maximum atomic E-state index is 12.8. The maximum absolute atomic E-state index is 12.8. The van der Waals surface area contributed by atoms with Crippen molar-refractivity contribution in [1.29, 1.82) is 0 Å². The molecule has 3 saturated heterocycles. The van der Waals surface area contributed by atoms with Crippen LogP contribution >= 0.6 is 0 Å². The van der Waals surface area contributed by atoms with E-state index < -0.39 is 0 Å². The van der Waals surface area contributed by atoms with Crippen molar-refractivity contribution in [3.05, 3.63) is 11.8 Å². The van der Waals surface area contributed by atoms with Crippen LogP contribution in [0.1, 0.15) is 51.0 Å².